The number of halogens is 2. The molecule has 3 heteroatoms. The van der Waals surface area contributed by atoms with E-state index < -0.39 is 0 Å². The Balaban J connectivity index is 2.12. The summed E-state index contributed by atoms with van der Waals surface area (Å²) in [6.07, 6.45) is 3.79. The van der Waals surface area contributed by atoms with E-state index in [9.17, 15) is 0 Å². The Hall–Kier alpha value is -0.400. The lowest BCUT2D eigenvalue weighted by Gasteiger charge is -2.34. The molecular weight excluding hydrogens is 265 g/mol. The van der Waals surface area contributed by atoms with Gasteiger partial charge in [-0.1, -0.05) is 37.0 Å². The maximum atomic E-state index is 6.28. The molecular formula is C15H21Cl2N. The number of hydrogen-bond donors (Lipinski definition) is 1. The largest absolute Gasteiger partial charge is 0.381 e. The Kier molecular flexibility index (Phi) is 4.45. The summed E-state index contributed by atoms with van der Waals surface area (Å²) in [5.74, 6) is 1.53. The first kappa shape index (κ1) is 14.0. The summed E-state index contributed by atoms with van der Waals surface area (Å²) in [6, 6.07) is 4.39. The molecule has 3 unspecified atom stereocenters. The number of nitrogens with one attached hydrogen (secondary N) is 1. The molecule has 100 valence electrons. The lowest BCUT2D eigenvalue weighted by molar-refractivity contribution is 0.276. The Morgan fingerprint density at radius 1 is 1.11 bits per heavy atom. The SMILES string of the molecule is Cc1cc(Cl)c(NC2CCC(C)CC2C)cc1Cl. The molecule has 1 aliphatic carbocycles. The summed E-state index contributed by atoms with van der Waals surface area (Å²) in [5.41, 5.74) is 2.00. The van der Waals surface area contributed by atoms with Gasteiger partial charge in [0.05, 0.1) is 10.7 Å². The summed E-state index contributed by atoms with van der Waals surface area (Å²) in [4.78, 5) is 0. The molecule has 1 nitrogen and oxygen atoms in total. The second-order valence-electron chi connectivity index (χ2n) is 5.73. The molecule has 0 aliphatic heterocycles. The zero-order chi connectivity index (χ0) is 13.3. The van der Waals surface area contributed by atoms with Gasteiger partial charge in [0.1, 0.15) is 0 Å². The zero-order valence-electron chi connectivity index (χ0n) is 11.3. The van der Waals surface area contributed by atoms with Crippen LogP contribution < -0.4 is 5.32 Å². The van der Waals surface area contributed by atoms with E-state index in [2.05, 4.69) is 19.2 Å². The predicted octanol–water partition coefficient (Wildman–Crippen LogP) is 5.54. The summed E-state index contributed by atoms with van der Waals surface area (Å²) in [6.45, 7) is 6.63. The van der Waals surface area contributed by atoms with E-state index in [1.54, 1.807) is 0 Å². The van der Waals surface area contributed by atoms with Crippen LogP contribution in [0.3, 0.4) is 0 Å². The average Bonchev–Trinajstić information content (AvgIpc) is 2.29. The number of aryl methyl sites for hydroxylation is 1. The second kappa shape index (κ2) is 5.71. The molecule has 0 saturated heterocycles. The van der Waals surface area contributed by atoms with Crippen molar-refractivity contribution in [3.8, 4) is 0 Å². The van der Waals surface area contributed by atoms with Gasteiger partial charge in [-0.3, -0.25) is 0 Å². The molecule has 18 heavy (non-hydrogen) atoms. The number of benzene rings is 1. The predicted molar refractivity (Wildman–Crippen MR) is 80.8 cm³/mol. The van der Waals surface area contributed by atoms with Gasteiger partial charge in [0.15, 0.2) is 0 Å². The third-order valence-corrected chi connectivity index (χ3v) is 4.74. The highest BCUT2D eigenvalue weighted by atomic mass is 35.5. The molecule has 1 N–H and O–H groups in total. The fraction of sp³-hybridized carbons (Fsp3) is 0.600. The van der Waals surface area contributed by atoms with E-state index in [0.717, 1.165) is 27.2 Å². The van der Waals surface area contributed by atoms with E-state index >= 15 is 0 Å². The Bertz CT molecular complexity index is 431. The van der Waals surface area contributed by atoms with Gasteiger partial charge in [-0.15, -0.1) is 0 Å². The van der Waals surface area contributed by atoms with E-state index in [-0.39, 0.29) is 0 Å². The van der Waals surface area contributed by atoms with Gasteiger partial charge in [0.25, 0.3) is 0 Å². The van der Waals surface area contributed by atoms with Gasteiger partial charge in [-0.05, 0) is 55.7 Å². The van der Waals surface area contributed by atoms with Crippen LogP contribution in [-0.2, 0) is 0 Å². The van der Waals surface area contributed by atoms with Crippen molar-refractivity contribution in [2.24, 2.45) is 11.8 Å². The van der Waals surface area contributed by atoms with Gasteiger partial charge in [-0.25, -0.2) is 0 Å². The maximum Gasteiger partial charge on any atom is 0.0641 e. The first-order valence-corrected chi connectivity index (χ1v) is 7.45. The highest BCUT2D eigenvalue weighted by molar-refractivity contribution is 6.35. The van der Waals surface area contributed by atoms with Crippen molar-refractivity contribution in [1.29, 1.82) is 0 Å². The molecule has 1 aromatic carbocycles. The lowest BCUT2D eigenvalue weighted by atomic mass is 9.80. The fourth-order valence-corrected chi connectivity index (χ4v) is 3.27. The van der Waals surface area contributed by atoms with E-state index in [1.165, 1.54) is 19.3 Å². The van der Waals surface area contributed by atoms with Crippen molar-refractivity contribution in [3.05, 3.63) is 27.7 Å². The van der Waals surface area contributed by atoms with E-state index in [0.29, 0.717) is 12.0 Å². The highest BCUT2D eigenvalue weighted by Gasteiger charge is 2.25. The Morgan fingerprint density at radius 3 is 2.50 bits per heavy atom. The number of anilines is 1. The van der Waals surface area contributed by atoms with Crippen LogP contribution in [0.4, 0.5) is 5.69 Å². The topological polar surface area (TPSA) is 12.0 Å². The van der Waals surface area contributed by atoms with Gasteiger partial charge in [-0.2, -0.15) is 0 Å². The number of rotatable bonds is 2. The van der Waals surface area contributed by atoms with Crippen LogP contribution in [0.5, 0.6) is 0 Å². The molecule has 1 aromatic rings. The number of hydrogen-bond acceptors (Lipinski definition) is 1. The molecule has 0 heterocycles. The Morgan fingerprint density at radius 2 is 1.83 bits per heavy atom. The molecule has 0 aromatic heterocycles. The first-order valence-electron chi connectivity index (χ1n) is 6.69. The average molecular weight is 286 g/mol. The monoisotopic (exact) mass is 285 g/mol. The standard InChI is InChI=1S/C15H21Cl2N/c1-9-4-5-14(11(3)6-9)18-15-8-12(16)10(2)7-13(15)17/h7-9,11,14,18H,4-6H2,1-3H3. The minimum atomic E-state index is 0.512. The van der Waals surface area contributed by atoms with Crippen LogP contribution in [0, 0.1) is 18.8 Å². The van der Waals surface area contributed by atoms with Crippen LogP contribution in [-0.4, -0.2) is 6.04 Å². The summed E-state index contributed by atoms with van der Waals surface area (Å²) in [5, 5.41) is 5.11. The van der Waals surface area contributed by atoms with Crippen molar-refractivity contribution in [2.75, 3.05) is 5.32 Å². The minimum Gasteiger partial charge on any atom is -0.381 e. The van der Waals surface area contributed by atoms with Crippen molar-refractivity contribution in [2.45, 2.75) is 46.1 Å². The normalized spacial score (nSPS) is 28.2. The van der Waals surface area contributed by atoms with Gasteiger partial charge < -0.3 is 5.32 Å². The second-order valence-corrected chi connectivity index (χ2v) is 6.54. The minimum absolute atomic E-state index is 0.512. The van der Waals surface area contributed by atoms with Gasteiger partial charge >= 0.3 is 0 Å². The smallest absolute Gasteiger partial charge is 0.0641 e. The van der Waals surface area contributed by atoms with E-state index in [4.69, 9.17) is 23.2 Å². The first-order chi connectivity index (χ1) is 8.47. The van der Waals surface area contributed by atoms with Gasteiger partial charge in [0.2, 0.25) is 0 Å². The zero-order valence-corrected chi connectivity index (χ0v) is 12.8. The van der Waals surface area contributed by atoms with Crippen molar-refractivity contribution < 1.29 is 0 Å². The molecule has 0 bridgehead atoms. The highest BCUT2D eigenvalue weighted by Crippen LogP contribution is 2.34. The van der Waals surface area contributed by atoms with Crippen LogP contribution in [0.1, 0.15) is 38.7 Å². The third kappa shape index (κ3) is 3.13. The molecule has 0 radical (unpaired) electrons. The summed E-state index contributed by atoms with van der Waals surface area (Å²) < 4.78 is 0. The molecule has 0 amide bonds. The molecule has 2 rings (SSSR count). The van der Waals surface area contributed by atoms with Crippen LogP contribution >= 0.6 is 23.2 Å². The van der Waals surface area contributed by atoms with Gasteiger partial charge in [0, 0.05) is 11.1 Å². The van der Waals surface area contributed by atoms with Crippen LogP contribution in [0.25, 0.3) is 0 Å². The van der Waals surface area contributed by atoms with Crippen LogP contribution in [0.2, 0.25) is 10.0 Å². The molecule has 0 spiro atoms. The van der Waals surface area contributed by atoms with Crippen molar-refractivity contribution in [3.63, 3.8) is 0 Å². The summed E-state index contributed by atoms with van der Waals surface area (Å²) >= 11 is 12.4. The maximum absolute atomic E-state index is 6.28. The molecule has 3 atom stereocenters. The quantitative estimate of drug-likeness (QED) is 0.752. The fourth-order valence-electron chi connectivity index (χ4n) is 2.84. The molecule has 1 saturated carbocycles. The molecule has 1 aliphatic rings. The Labute approximate surface area is 120 Å². The van der Waals surface area contributed by atoms with Crippen LogP contribution in [0.15, 0.2) is 12.1 Å². The van der Waals surface area contributed by atoms with E-state index in [1.807, 2.05) is 19.1 Å². The third-order valence-electron chi connectivity index (χ3n) is 4.02. The van der Waals surface area contributed by atoms with Crippen molar-refractivity contribution in [1.82, 2.24) is 0 Å². The summed E-state index contributed by atoms with van der Waals surface area (Å²) in [7, 11) is 0. The molecule has 1 fully saturated rings. The lowest BCUT2D eigenvalue weighted by Crippen LogP contribution is -2.33. The van der Waals surface area contributed by atoms with Crippen molar-refractivity contribution >= 4 is 28.9 Å².